The van der Waals surface area contributed by atoms with Gasteiger partial charge in [0.1, 0.15) is 0 Å². The van der Waals surface area contributed by atoms with Crippen molar-refractivity contribution >= 4 is 90.7 Å². The number of rotatable bonds is 10. The van der Waals surface area contributed by atoms with E-state index in [1.165, 1.54) is 99.1 Å². The Morgan fingerprint density at radius 1 is 0.269 bits per heavy atom. The van der Waals surface area contributed by atoms with Gasteiger partial charge in [-0.15, -0.1) is 0 Å². The van der Waals surface area contributed by atoms with Crippen LogP contribution in [0.4, 0.5) is 34.1 Å². The van der Waals surface area contributed by atoms with Crippen LogP contribution in [0.2, 0.25) is 0 Å². The number of aromatic nitrogens is 4. The molecule has 0 N–H and O–H groups in total. The molecule has 0 unspecified atom stereocenters. The fraction of sp³-hybridized carbons (Fsp3) is 0.0833. The average molecular weight is 1000 g/mol. The Hall–Kier alpha value is -9.78. The monoisotopic (exact) mass is 1000 g/mol. The molecule has 2 aliphatic carbocycles. The molecule has 0 aliphatic heterocycles. The molecule has 0 saturated carbocycles. The van der Waals surface area contributed by atoms with E-state index >= 15 is 0 Å². The van der Waals surface area contributed by atoms with Crippen molar-refractivity contribution < 1.29 is 0 Å². The Balaban J connectivity index is 0.734. The quantitative estimate of drug-likeness (QED) is 0.100. The predicted octanol–water partition coefficient (Wildman–Crippen LogP) is 18.6. The zero-order chi connectivity index (χ0) is 52.5. The van der Waals surface area contributed by atoms with Crippen LogP contribution in [0.15, 0.2) is 232 Å². The van der Waals surface area contributed by atoms with Gasteiger partial charge < -0.3 is 9.80 Å². The fourth-order valence-electron chi connectivity index (χ4n) is 12.4. The van der Waals surface area contributed by atoms with E-state index in [9.17, 15) is 0 Å². The van der Waals surface area contributed by atoms with E-state index in [-0.39, 0.29) is 10.8 Å². The second kappa shape index (κ2) is 18.5. The number of hydrogen-bond acceptors (Lipinski definition) is 6. The molecule has 6 nitrogen and oxygen atoms in total. The molecular weight excluding hydrogens is 949 g/mol. The van der Waals surface area contributed by atoms with Gasteiger partial charge in [0.25, 0.3) is 0 Å². The fourth-order valence-corrected chi connectivity index (χ4v) is 12.4. The zero-order valence-electron chi connectivity index (χ0n) is 43.9. The molecule has 78 heavy (non-hydrogen) atoms. The molecule has 4 aromatic heterocycles. The maximum Gasteiger partial charge on any atom is 0.0492 e. The SMILES string of the molecule is CC1(C)c2cc(C=Cc3ccc4c5ccc(C=Cc6ccc7c(c6)C(C)(C)c6cc(N(c8ccncc8)c8ccncc8)ccc6-7)cc5c5ccccc5c4c3)ccc2-c2ccc(N(c3ccncc3)c3ccncc3)cc21. The highest BCUT2D eigenvalue weighted by Gasteiger charge is 2.37. The minimum Gasteiger partial charge on any atom is -0.310 e. The van der Waals surface area contributed by atoms with Gasteiger partial charge in [0, 0.05) is 94.5 Å². The van der Waals surface area contributed by atoms with Crippen molar-refractivity contribution in [2.45, 2.75) is 38.5 Å². The minimum absolute atomic E-state index is 0.198. The van der Waals surface area contributed by atoms with Gasteiger partial charge in [0.2, 0.25) is 0 Å². The van der Waals surface area contributed by atoms with Crippen LogP contribution in [-0.4, -0.2) is 19.9 Å². The molecule has 4 heterocycles. The Bertz CT molecular complexity index is 3990. The standard InChI is InChI=1S/C72H54N6/c1-71(2)67-43-49(15-21-61(67)63-23-17-55(45-69(63)71)77(51-25-33-73-34-26-51)52-27-35-74-36-28-52)11-9-47-13-19-59-60-20-14-48(42-66(60)58-8-6-5-7-57(58)65(59)41-47)10-12-50-16-22-62-64-24-18-56(46-70(64)72(3,4)68(62)44-50)78(53-29-37-75-38-30-53)54-31-39-76-40-32-54/h5-46H,1-4H3. The summed E-state index contributed by atoms with van der Waals surface area (Å²) in [6.07, 6.45) is 23.8. The van der Waals surface area contributed by atoms with Crippen LogP contribution in [0.3, 0.4) is 0 Å². The lowest BCUT2D eigenvalue weighted by Crippen LogP contribution is -2.16. The normalized spacial score (nSPS) is 13.7. The molecule has 8 aromatic carbocycles. The Labute approximate surface area is 455 Å². The van der Waals surface area contributed by atoms with Crippen molar-refractivity contribution in [2.24, 2.45) is 0 Å². The van der Waals surface area contributed by atoms with Gasteiger partial charge in [-0.1, -0.05) is 149 Å². The highest BCUT2D eigenvalue weighted by Crippen LogP contribution is 2.53. The van der Waals surface area contributed by atoms with Crippen LogP contribution in [0.25, 0.3) is 78.9 Å². The first-order valence-corrected chi connectivity index (χ1v) is 26.7. The molecule has 0 bridgehead atoms. The number of nitrogens with zero attached hydrogens (tertiary/aromatic N) is 6. The lowest BCUT2D eigenvalue weighted by molar-refractivity contribution is 0.660. The highest BCUT2D eigenvalue weighted by atomic mass is 15.2. The van der Waals surface area contributed by atoms with E-state index in [4.69, 9.17) is 0 Å². The minimum atomic E-state index is -0.198. The molecule has 372 valence electrons. The summed E-state index contributed by atoms with van der Waals surface area (Å²) in [7, 11) is 0. The second-order valence-corrected chi connectivity index (χ2v) is 21.6. The lowest BCUT2D eigenvalue weighted by Gasteiger charge is -2.27. The number of pyridine rings is 4. The van der Waals surface area contributed by atoms with Crippen LogP contribution in [0.1, 0.15) is 72.2 Å². The topological polar surface area (TPSA) is 58.0 Å². The molecule has 0 amide bonds. The van der Waals surface area contributed by atoms with Crippen LogP contribution in [0.5, 0.6) is 0 Å². The van der Waals surface area contributed by atoms with Gasteiger partial charge in [-0.05, 0) is 184 Å². The van der Waals surface area contributed by atoms with E-state index < -0.39 is 0 Å². The summed E-state index contributed by atoms with van der Waals surface area (Å²) in [5.41, 5.74) is 21.2. The zero-order valence-corrected chi connectivity index (χ0v) is 43.9. The number of hydrogen-bond donors (Lipinski definition) is 0. The predicted molar refractivity (Wildman–Crippen MR) is 325 cm³/mol. The summed E-state index contributed by atoms with van der Waals surface area (Å²) in [5, 5.41) is 7.54. The maximum atomic E-state index is 4.29. The smallest absolute Gasteiger partial charge is 0.0492 e. The molecule has 14 rings (SSSR count). The highest BCUT2D eigenvalue weighted by molar-refractivity contribution is 6.26. The second-order valence-electron chi connectivity index (χ2n) is 21.6. The van der Waals surface area contributed by atoms with Crippen molar-refractivity contribution in [2.75, 3.05) is 9.80 Å². The van der Waals surface area contributed by atoms with Crippen molar-refractivity contribution in [1.82, 2.24) is 19.9 Å². The molecule has 6 heteroatoms. The first-order chi connectivity index (χ1) is 38.2. The van der Waals surface area contributed by atoms with Gasteiger partial charge in [-0.25, -0.2) is 0 Å². The molecule has 2 aliphatic rings. The van der Waals surface area contributed by atoms with Gasteiger partial charge in [-0.2, -0.15) is 0 Å². The molecule has 0 fully saturated rings. The van der Waals surface area contributed by atoms with Crippen LogP contribution in [-0.2, 0) is 10.8 Å². The van der Waals surface area contributed by atoms with Crippen molar-refractivity contribution in [3.05, 3.63) is 276 Å². The Morgan fingerprint density at radius 3 is 0.897 bits per heavy atom. The van der Waals surface area contributed by atoms with E-state index in [0.29, 0.717) is 0 Å². The molecular formula is C72H54N6. The van der Waals surface area contributed by atoms with Gasteiger partial charge in [0.15, 0.2) is 0 Å². The first kappa shape index (κ1) is 46.7. The van der Waals surface area contributed by atoms with Crippen LogP contribution in [0, 0.1) is 0 Å². The number of anilines is 6. The summed E-state index contributed by atoms with van der Waals surface area (Å²) in [5.74, 6) is 0. The first-order valence-electron chi connectivity index (χ1n) is 26.7. The molecule has 0 saturated heterocycles. The van der Waals surface area contributed by atoms with Crippen molar-refractivity contribution in [3.63, 3.8) is 0 Å². The van der Waals surface area contributed by atoms with Gasteiger partial charge in [-0.3, -0.25) is 19.9 Å². The third kappa shape index (κ3) is 7.87. The number of benzene rings is 8. The Morgan fingerprint density at radius 2 is 0.551 bits per heavy atom. The third-order valence-corrected chi connectivity index (χ3v) is 16.4. The molecule has 12 aromatic rings. The largest absolute Gasteiger partial charge is 0.310 e. The maximum absolute atomic E-state index is 4.29. The summed E-state index contributed by atoms with van der Waals surface area (Å²) in [6, 6.07) is 66.8. The average Bonchev–Trinajstić information content (AvgIpc) is 4.09. The van der Waals surface area contributed by atoms with E-state index in [1.54, 1.807) is 0 Å². The van der Waals surface area contributed by atoms with E-state index in [0.717, 1.165) is 34.1 Å². The van der Waals surface area contributed by atoms with Crippen LogP contribution < -0.4 is 9.80 Å². The molecule has 0 spiro atoms. The number of fused-ring (bicyclic) bond motifs is 12. The van der Waals surface area contributed by atoms with Gasteiger partial charge in [0.05, 0.1) is 0 Å². The lowest BCUT2D eigenvalue weighted by atomic mass is 9.81. The summed E-state index contributed by atoms with van der Waals surface area (Å²) in [6.45, 7) is 9.40. The molecule has 0 atom stereocenters. The van der Waals surface area contributed by atoms with Crippen molar-refractivity contribution in [3.8, 4) is 22.3 Å². The van der Waals surface area contributed by atoms with Crippen molar-refractivity contribution in [1.29, 1.82) is 0 Å². The van der Waals surface area contributed by atoms with E-state index in [1.807, 2.05) is 49.6 Å². The van der Waals surface area contributed by atoms with Crippen LogP contribution >= 0.6 is 0 Å². The van der Waals surface area contributed by atoms with Gasteiger partial charge >= 0.3 is 0 Å². The summed E-state index contributed by atoms with van der Waals surface area (Å²) >= 11 is 0. The Kier molecular flexibility index (Phi) is 11.1. The molecule has 0 radical (unpaired) electrons. The summed E-state index contributed by atoms with van der Waals surface area (Å²) < 4.78 is 0. The van der Waals surface area contributed by atoms with E-state index in [2.05, 4.69) is 264 Å². The summed E-state index contributed by atoms with van der Waals surface area (Å²) in [4.78, 5) is 21.7. The third-order valence-electron chi connectivity index (χ3n) is 16.4.